The molecule has 3 aromatic heterocycles. The molecular weight excluding hydrogens is 354 g/mol. The normalized spacial score (nSPS) is 11.7. The molecule has 5 nitrogen and oxygen atoms in total. The van der Waals surface area contributed by atoms with Gasteiger partial charge in [0.05, 0.1) is 17.6 Å². The van der Waals surface area contributed by atoms with Crippen LogP contribution in [0.15, 0.2) is 66.0 Å². The highest BCUT2D eigenvalue weighted by Gasteiger charge is 2.23. The van der Waals surface area contributed by atoms with Crippen molar-refractivity contribution in [3.05, 3.63) is 61.1 Å². The number of thioether (sulfide) groups is 1. The quantitative estimate of drug-likeness (QED) is 0.417. The molecule has 1 aliphatic rings. The van der Waals surface area contributed by atoms with E-state index in [1.54, 1.807) is 12.4 Å². The predicted octanol–water partition coefficient (Wildman–Crippen LogP) is 5.37. The molecule has 1 aromatic carbocycles. The average Bonchev–Trinajstić information content (AvgIpc) is 3.10. The van der Waals surface area contributed by atoms with E-state index in [2.05, 4.69) is 51.5 Å². The summed E-state index contributed by atoms with van der Waals surface area (Å²) in [5.41, 5.74) is 5.88. The van der Waals surface area contributed by atoms with E-state index >= 15 is 0 Å². The number of anilines is 2. The summed E-state index contributed by atoms with van der Waals surface area (Å²) in [6.07, 6.45) is 5.40. The van der Waals surface area contributed by atoms with E-state index in [1.807, 2.05) is 36.2 Å². The number of H-pyrrole nitrogens is 1. The van der Waals surface area contributed by atoms with Gasteiger partial charge in [-0.15, -0.1) is 11.8 Å². The first-order valence-electron chi connectivity index (χ1n) is 8.83. The number of benzene rings is 1. The second-order valence-corrected chi connectivity index (χ2v) is 7.55. The van der Waals surface area contributed by atoms with Crippen molar-refractivity contribution in [3.8, 4) is 33.9 Å². The summed E-state index contributed by atoms with van der Waals surface area (Å²) >= 11 is 1.84. The summed E-state index contributed by atoms with van der Waals surface area (Å²) in [6.45, 7) is 2.16. The Hall–Kier alpha value is -3.12. The minimum Gasteiger partial charge on any atom is -0.338 e. The van der Waals surface area contributed by atoms with Gasteiger partial charge in [0.25, 0.3) is 0 Å². The zero-order valence-corrected chi connectivity index (χ0v) is 15.5. The third kappa shape index (κ3) is 2.78. The molecule has 1 aliphatic heterocycles. The van der Waals surface area contributed by atoms with Crippen LogP contribution in [0.4, 0.5) is 11.5 Å². The van der Waals surface area contributed by atoms with E-state index in [9.17, 15) is 0 Å². The Bertz CT molecular complexity index is 1050. The Balaban J connectivity index is 1.69. The number of hydrogen-bond donors (Lipinski definition) is 2. The highest BCUT2D eigenvalue weighted by atomic mass is 32.2. The first-order valence-corrected chi connectivity index (χ1v) is 9.82. The molecule has 4 heterocycles. The average molecular weight is 371 g/mol. The molecule has 6 heteroatoms. The summed E-state index contributed by atoms with van der Waals surface area (Å²) in [5.74, 6) is 2.71. The zero-order chi connectivity index (χ0) is 18.2. The van der Waals surface area contributed by atoms with E-state index < -0.39 is 0 Å². The van der Waals surface area contributed by atoms with Gasteiger partial charge in [-0.1, -0.05) is 19.1 Å². The van der Waals surface area contributed by atoms with Gasteiger partial charge in [-0.05, 0) is 36.1 Å². The van der Waals surface area contributed by atoms with Crippen molar-refractivity contribution in [3.63, 3.8) is 0 Å². The number of nitrogens with one attached hydrogen (secondary N) is 2. The second-order valence-electron chi connectivity index (χ2n) is 6.21. The molecule has 4 aromatic rings. The Morgan fingerprint density at radius 1 is 1.00 bits per heavy atom. The van der Waals surface area contributed by atoms with Gasteiger partial charge in [0.1, 0.15) is 17.3 Å². The Labute approximate surface area is 161 Å². The van der Waals surface area contributed by atoms with Crippen LogP contribution in [-0.4, -0.2) is 25.7 Å². The fourth-order valence-electron chi connectivity index (χ4n) is 3.31. The molecule has 2 N–H and O–H groups in total. The maximum Gasteiger partial charge on any atom is 0.139 e. The number of imidazole rings is 1. The Morgan fingerprint density at radius 3 is 2.74 bits per heavy atom. The Kier molecular flexibility index (Phi) is 3.90. The van der Waals surface area contributed by atoms with Crippen molar-refractivity contribution in [1.29, 1.82) is 0 Å². The van der Waals surface area contributed by atoms with E-state index in [0.717, 1.165) is 51.2 Å². The zero-order valence-electron chi connectivity index (χ0n) is 14.7. The maximum absolute atomic E-state index is 4.93. The molecular formula is C21H17N5S. The van der Waals surface area contributed by atoms with Crippen molar-refractivity contribution >= 4 is 23.3 Å². The van der Waals surface area contributed by atoms with Crippen molar-refractivity contribution < 1.29 is 0 Å². The predicted molar refractivity (Wildman–Crippen MR) is 110 cm³/mol. The van der Waals surface area contributed by atoms with Gasteiger partial charge in [-0.2, -0.15) is 0 Å². The van der Waals surface area contributed by atoms with Gasteiger partial charge in [-0.3, -0.25) is 4.98 Å². The third-order valence-corrected chi connectivity index (χ3v) is 5.44. The fourth-order valence-corrected chi connectivity index (χ4v) is 3.97. The van der Waals surface area contributed by atoms with Crippen molar-refractivity contribution in [2.75, 3.05) is 11.1 Å². The minimum absolute atomic E-state index is 0.790. The number of aromatic nitrogens is 4. The molecule has 5 rings (SSSR count). The van der Waals surface area contributed by atoms with Crippen LogP contribution in [0, 0.1) is 0 Å². The number of hydrogen-bond acceptors (Lipinski definition) is 5. The molecule has 132 valence electrons. The summed E-state index contributed by atoms with van der Waals surface area (Å²) in [6, 6.07) is 14.5. The van der Waals surface area contributed by atoms with Crippen LogP contribution in [-0.2, 0) is 0 Å². The summed E-state index contributed by atoms with van der Waals surface area (Å²) in [5, 5.41) is 3.38. The molecule has 0 unspecified atom stereocenters. The molecule has 0 fully saturated rings. The minimum atomic E-state index is 0.790. The van der Waals surface area contributed by atoms with E-state index in [0.29, 0.717) is 0 Å². The first-order chi connectivity index (χ1) is 13.3. The van der Waals surface area contributed by atoms with Crippen LogP contribution >= 0.6 is 11.8 Å². The molecule has 0 atom stereocenters. The van der Waals surface area contributed by atoms with Crippen LogP contribution in [0.2, 0.25) is 0 Å². The van der Waals surface area contributed by atoms with Gasteiger partial charge < -0.3 is 10.3 Å². The molecule has 0 aliphatic carbocycles. The monoisotopic (exact) mass is 371 g/mol. The second kappa shape index (κ2) is 6.55. The largest absolute Gasteiger partial charge is 0.338 e. The lowest BCUT2D eigenvalue weighted by molar-refractivity contribution is 1.26. The van der Waals surface area contributed by atoms with Crippen molar-refractivity contribution in [1.82, 2.24) is 19.9 Å². The van der Waals surface area contributed by atoms with Gasteiger partial charge in [-0.25, -0.2) is 9.97 Å². The van der Waals surface area contributed by atoms with Crippen LogP contribution in [0.25, 0.3) is 33.9 Å². The van der Waals surface area contributed by atoms with Gasteiger partial charge in [0.15, 0.2) is 0 Å². The molecule has 0 saturated heterocycles. The number of aromatic amines is 1. The molecule has 0 spiro atoms. The number of fused-ring (bicyclic) bond motifs is 5. The molecule has 0 bridgehead atoms. The number of nitrogens with zero attached hydrogens (tertiary/aromatic N) is 3. The lowest BCUT2D eigenvalue weighted by Gasteiger charge is -2.07. The lowest BCUT2D eigenvalue weighted by atomic mass is 10.1. The first kappa shape index (κ1) is 16.1. The summed E-state index contributed by atoms with van der Waals surface area (Å²) < 4.78 is 0. The van der Waals surface area contributed by atoms with Crippen molar-refractivity contribution in [2.24, 2.45) is 0 Å². The molecule has 0 amide bonds. The molecule has 0 saturated carbocycles. The lowest BCUT2D eigenvalue weighted by Crippen LogP contribution is -1.95. The number of rotatable bonds is 3. The highest BCUT2D eigenvalue weighted by molar-refractivity contribution is 7.99. The van der Waals surface area contributed by atoms with Crippen molar-refractivity contribution in [2.45, 2.75) is 11.8 Å². The molecule has 0 radical (unpaired) electrons. The van der Waals surface area contributed by atoms with Crippen LogP contribution in [0.1, 0.15) is 6.92 Å². The van der Waals surface area contributed by atoms with Crippen LogP contribution in [0.3, 0.4) is 0 Å². The SMILES string of the molecule is CCSc1ccc(-c2nc3c([nH]2)-c2ccncc2Nc2ncccc2-3)cc1. The fraction of sp³-hybridized carbons (Fsp3) is 0.0952. The van der Waals surface area contributed by atoms with Gasteiger partial charge in [0, 0.05) is 34.0 Å². The Morgan fingerprint density at radius 2 is 1.89 bits per heavy atom. The van der Waals surface area contributed by atoms with Crippen LogP contribution < -0.4 is 5.32 Å². The summed E-state index contributed by atoms with van der Waals surface area (Å²) in [7, 11) is 0. The smallest absolute Gasteiger partial charge is 0.139 e. The molecule has 27 heavy (non-hydrogen) atoms. The standard InChI is InChI=1S/C21H17N5S/c1-2-27-14-7-5-13(6-8-14)20-25-18-15-9-11-22-12-17(15)24-21-16(19(18)26-20)4-3-10-23-21/h3-12H,2H2,1H3,(H,23,24)(H,25,26). The van der Waals surface area contributed by atoms with Crippen LogP contribution in [0.5, 0.6) is 0 Å². The van der Waals surface area contributed by atoms with E-state index in [-0.39, 0.29) is 0 Å². The van der Waals surface area contributed by atoms with E-state index in [1.165, 1.54) is 4.90 Å². The van der Waals surface area contributed by atoms with E-state index in [4.69, 9.17) is 4.98 Å². The third-order valence-electron chi connectivity index (χ3n) is 4.55. The number of pyridine rings is 2. The topological polar surface area (TPSA) is 66.5 Å². The maximum atomic E-state index is 4.93. The highest BCUT2D eigenvalue weighted by Crippen LogP contribution is 2.42. The van der Waals surface area contributed by atoms with Gasteiger partial charge in [0.2, 0.25) is 0 Å². The van der Waals surface area contributed by atoms with Gasteiger partial charge >= 0.3 is 0 Å². The summed E-state index contributed by atoms with van der Waals surface area (Å²) in [4.78, 5) is 18.5.